The van der Waals surface area contributed by atoms with E-state index in [4.69, 9.17) is 0 Å². The first-order valence-corrected chi connectivity index (χ1v) is 9.88. The van der Waals surface area contributed by atoms with E-state index in [2.05, 4.69) is 20.8 Å². The summed E-state index contributed by atoms with van der Waals surface area (Å²) in [5, 5.41) is 22.5. The third-order valence-electron chi connectivity index (χ3n) is 4.09. The molecule has 3 aromatic rings. The van der Waals surface area contributed by atoms with E-state index >= 15 is 0 Å². The summed E-state index contributed by atoms with van der Waals surface area (Å²) >= 11 is 1.20. The van der Waals surface area contributed by atoms with Crippen LogP contribution in [0.25, 0.3) is 0 Å². The molecule has 2 amide bonds. The van der Waals surface area contributed by atoms with Gasteiger partial charge in [0.05, 0.1) is 11.8 Å². The van der Waals surface area contributed by atoms with Crippen molar-refractivity contribution >= 4 is 29.3 Å². The van der Waals surface area contributed by atoms with Gasteiger partial charge < -0.3 is 15.2 Å². The molecule has 31 heavy (non-hydrogen) atoms. The number of nitrogens with zero attached hydrogens (tertiary/aromatic N) is 4. The largest absolute Gasteiger partial charge is 0.332 e. The quantitative estimate of drug-likeness (QED) is 0.544. The normalized spacial score (nSPS) is 11.4. The van der Waals surface area contributed by atoms with Crippen molar-refractivity contribution < 1.29 is 18.4 Å². The van der Waals surface area contributed by atoms with Crippen LogP contribution < -0.4 is 10.6 Å². The number of aromatic nitrogens is 3. The van der Waals surface area contributed by atoms with E-state index in [1.165, 1.54) is 30.2 Å². The first-order chi connectivity index (χ1) is 14.9. The molecule has 0 saturated heterocycles. The number of amides is 2. The monoisotopic (exact) mass is 442 g/mol. The number of hydrogen-bond donors (Lipinski definition) is 2. The Morgan fingerprint density at radius 1 is 1.26 bits per heavy atom. The lowest BCUT2D eigenvalue weighted by atomic mass is 10.1. The highest BCUT2D eigenvalue weighted by Gasteiger charge is 2.19. The summed E-state index contributed by atoms with van der Waals surface area (Å²) in [6.45, 7) is 0. The van der Waals surface area contributed by atoms with Crippen molar-refractivity contribution in [3.63, 3.8) is 0 Å². The fourth-order valence-electron chi connectivity index (χ4n) is 2.60. The van der Waals surface area contributed by atoms with Crippen molar-refractivity contribution in [3.8, 4) is 6.07 Å². The van der Waals surface area contributed by atoms with Crippen molar-refractivity contribution in [2.75, 3.05) is 11.1 Å². The van der Waals surface area contributed by atoms with E-state index in [9.17, 15) is 23.6 Å². The number of benzene rings is 2. The predicted molar refractivity (Wildman–Crippen MR) is 109 cm³/mol. The Morgan fingerprint density at radius 3 is 2.74 bits per heavy atom. The summed E-state index contributed by atoms with van der Waals surface area (Å²) in [7, 11) is 1.76. The maximum Gasteiger partial charge on any atom is 0.252 e. The van der Waals surface area contributed by atoms with Gasteiger partial charge in [-0.05, 0) is 24.3 Å². The first kappa shape index (κ1) is 21.9. The van der Waals surface area contributed by atoms with Crippen molar-refractivity contribution in [3.05, 3.63) is 71.6 Å². The van der Waals surface area contributed by atoms with Gasteiger partial charge in [0.1, 0.15) is 24.0 Å². The minimum atomic E-state index is -1.31. The average Bonchev–Trinajstić information content (AvgIpc) is 3.15. The fraction of sp³-hybridized carbons (Fsp3) is 0.150. The Labute approximate surface area is 180 Å². The molecule has 0 bridgehead atoms. The second kappa shape index (κ2) is 9.82. The molecular formula is C20H16F2N6O2S. The highest BCUT2D eigenvalue weighted by Crippen LogP contribution is 2.19. The SMILES string of the molecule is Cn1cnnc1SCC(=O)Nc1cccc(C(=O)NC(C#N)c2ccc(F)cc2F)c1. The molecule has 0 saturated carbocycles. The molecule has 0 aliphatic rings. The molecule has 8 nitrogen and oxygen atoms in total. The standard InChI is InChI=1S/C20H16F2N6O2S/c1-28-11-24-27-20(28)31-10-18(29)25-14-4-2-3-12(7-14)19(30)26-17(9-23)15-6-5-13(21)8-16(15)22/h2-8,11,17H,10H2,1H3,(H,25,29)(H,26,30). The van der Waals surface area contributed by atoms with Crippen LogP contribution in [-0.4, -0.2) is 32.3 Å². The summed E-state index contributed by atoms with van der Waals surface area (Å²) in [5.74, 6) is -2.60. The Kier molecular flexibility index (Phi) is 6.94. The summed E-state index contributed by atoms with van der Waals surface area (Å²) in [6.07, 6.45) is 1.52. The van der Waals surface area contributed by atoms with Gasteiger partial charge >= 0.3 is 0 Å². The average molecular weight is 442 g/mol. The smallest absolute Gasteiger partial charge is 0.252 e. The maximum absolute atomic E-state index is 13.9. The van der Waals surface area contributed by atoms with Crippen molar-refractivity contribution in [2.24, 2.45) is 7.05 Å². The minimum absolute atomic E-state index is 0.0866. The van der Waals surface area contributed by atoms with E-state index in [1.807, 2.05) is 0 Å². The van der Waals surface area contributed by atoms with Crippen LogP contribution in [0.5, 0.6) is 0 Å². The third kappa shape index (κ3) is 5.64. The lowest BCUT2D eigenvalue weighted by molar-refractivity contribution is -0.113. The van der Waals surface area contributed by atoms with Gasteiger partial charge in [-0.25, -0.2) is 8.78 Å². The van der Waals surface area contributed by atoms with Crippen LogP contribution in [0.2, 0.25) is 0 Å². The Morgan fingerprint density at radius 2 is 2.06 bits per heavy atom. The third-order valence-corrected chi connectivity index (χ3v) is 5.12. The van der Waals surface area contributed by atoms with Gasteiger partial charge in [0.15, 0.2) is 5.16 Å². The number of aryl methyl sites for hydroxylation is 1. The summed E-state index contributed by atoms with van der Waals surface area (Å²) in [6, 6.07) is 9.28. The van der Waals surface area contributed by atoms with Gasteiger partial charge in [0.25, 0.3) is 5.91 Å². The highest BCUT2D eigenvalue weighted by atomic mass is 32.2. The van der Waals surface area contributed by atoms with E-state index < -0.39 is 23.6 Å². The Hall–Kier alpha value is -3.78. The number of nitrogens with one attached hydrogen (secondary N) is 2. The van der Waals surface area contributed by atoms with Crippen LogP contribution in [0.1, 0.15) is 22.0 Å². The molecule has 0 aliphatic heterocycles. The summed E-state index contributed by atoms with van der Waals surface area (Å²) in [5.41, 5.74) is 0.377. The minimum Gasteiger partial charge on any atom is -0.332 e. The number of nitriles is 1. The van der Waals surface area contributed by atoms with Crippen LogP contribution in [0.15, 0.2) is 53.9 Å². The molecule has 2 N–H and O–H groups in total. The number of hydrogen-bond acceptors (Lipinski definition) is 6. The molecule has 3 rings (SSSR count). The molecule has 1 aromatic heterocycles. The lowest BCUT2D eigenvalue weighted by Crippen LogP contribution is -2.28. The second-order valence-electron chi connectivity index (χ2n) is 6.34. The zero-order valence-corrected chi connectivity index (χ0v) is 17.0. The van der Waals surface area contributed by atoms with E-state index in [0.29, 0.717) is 16.9 Å². The number of anilines is 1. The summed E-state index contributed by atoms with van der Waals surface area (Å²) < 4.78 is 28.7. The molecule has 0 fully saturated rings. The van der Waals surface area contributed by atoms with Gasteiger partial charge in [0.2, 0.25) is 5.91 Å². The molecule has 158 valence electrons. The van der Waals surface area contributed by atoms with Gasteiger partial charge in [-0.1, -0.05) is 23.9 Å². The second-order valence-corrected chi connectivity index (χ2v) is 7.29. The van der Waals surface area contributed by atoms with Gasteiger partial charge in [-0.3, -0.25) is 9.59 Å². The van der Waals surface area contributed by atoms with Crippen LogP contribution in [0, 0.1) is 23.0 Å². The van der Waals surface area contributed by atoms with Gasteiger partial charge in [-0.15, -0.1) is 10.2 Å². The van der Waals surface area contributed by atoms with E-state index in [1.54, 1.807) is 29.8 Å². The van der Waals surface area contributed by atoms with Gasteiger partial charge in [-0.2, -0.15) is 5.26 Å². The number of carbonyl (C=O) groups is 2. The number of thioether (sulfide) groups is 1. The van der Waals surface area contributed by atoms with Crippen LogP contribution in [0.4, 0.5) is 14.5 Å². The molecule has 1 unspecified atom stereocenters. The molecule has 1 heterocycles. The fourth-order valence-corrected chi connectivity index (χ4v) is 3.29. The number of halogens is 2. The molecule has 0 aliphatic carbocycles. The molecule has 11 heteroatoms. The van der Waals surface area contributed by atoms with Crippen molar-refractivity contribution in [2.45, 2.75) is 11.2 Å². The van der Waals surface area contributed by atoms with Gasteiger partial charge in [0, 0.05) is 29.9 Å². The zero-order chi connectivity index (χ0) is 22.4. The van der Waals surface area contributed by atoms with E-state index in [-0.39, 0.29) is 22.8 Å². The van der Waals surface area contributed by atoms with Crippen LogP contribution >= 0.6 is 11.8 Å². The maximum atomic E-state index is 13.9. The molecule has 0 spiro atoms. The topological polar surface area (TPSA) is 113 Å². The van der Waals surface area contributed by atoms with E-state index in [0.717, 1.165) is 12.1 Å². The first-order valence-electron chi connectivity index (χ1n) is 8.89. The highest BCUT2D eigenvalue weighted by molar-refractivity contribution is 7.99. The predicted octanol–water partition coefficient (Wildman–Crippen LogP) is 2.82. The van der Waals surface area contributed by atoms with Crippen LogP contribution in [0.3, 0.4) is 0 Å². The summed E-state index contributed by atoms with van der Waals surface area (Å²) in [4.78, 5) is 24.7. The van der Waals surface area contributed by atoms with Crippen molar-refractivity contribution in [1.82, 2.24) is 20.1 Å². The Bertz CT molecular complexity index is 1160. The molecular weight excluding hydrogens is 426 g/mol. The van der Waals surface area contributed by atoms with Crippen LogP contribution in [-0.2, 0) is 11.8 Å². The Balaban J connectivity index is 1.64. The van der Waals surface area contributed by atoms with Crippen molar-refractivity contribution in [1.29, 1.82) is 5.26 Å². The molecule has 1 atom stereocenters. The number of carbonyl (C=O) groups excluding carboxylic acids is 2. The zero-order valence-electron chi connectivity index (χ0n) is 16.2. The molecule has 0 radical (unpaired) electrons. The lowest BCUT2D eigenvalue weighted by Gasteiger charge is -2.13. The number of rotatable bonds is 7. The molecule has 2 aromatic carbocycles.